The van der Waals surface area contributed by atoms with E-state index in [1.165, 1.54) is 12.1 Å². The minimum Gasteiger partial charge on any atom is -0.332 e. The quantitative estimate of drug-likeness (QED) is 0.388. The van der Waals surface area contributed by atoms with Crippen LogP contribution in [0.2, 0.25) is 0 Å². The molecule has 3 aromatic carbocycles. The first-order chi connectivity index (χ1) is 15.0. The van der Waals surface area contributed by atoms with Gasteiger partial charge in [0.25, 0.3) is 15.9 Å². The molecule has 3 aromatic rings. The summed E-state index contributed by atoms with van der Waals surface area (Å²) in [6, 6.07) is 17.0. The van der Waals surface area contributed by atoms with Crippen LogP contribution in [0.3, 0.4) is 0 Å². The van der Waals surface area contributed by atoms with E-state index in [2.05, 4.69) is 31.3 Å². The third-order valence-corrected chi connectivity index (χ3v) is 6.80. The maximum atomic E-state index is 12.7. The first-order valence-corrected chi connectivity index (χ1v) is 12.3. The molecule has 0 fully saturated rings. The molecule has 3 rings (SSSR count). The van der Waals surface area contributed by atoms with E-state index in [1.807, 2.05) is 45.0 Å². The fourth-order valence-corrected chi connectivity index (χ4v) is 4.72. The predicted molar refractivity (Wildman–Crippen MR) is 136 cm³/mol. The summed E-state index contributed by atoms with van der Waals surface area (Å²) in [6.45, 7) is 5.63. The molecule has 0 aromatic heterocycles. The van der Waals surface area contributed by atoms with Crippen molar-refractivity contribution in [1.82, 2.24) is 5.32 Å². The van der Waals surface area contributed by atoms with Gasteiger partial charge in [-0.3, -0.25) is 14.8 Å². The first kappa shape index (κ1) is 23.9. The van der Waals surface area contributed by atoms with Crippen LogP contribution < -0.4 is 15.4 Å². The molecule has 9 heteroatoms. The molecule has 0 aliphatic rings. The lowest BCUT2D eigenvalue weighted by Gasteiger charge is -2.13. The first-order valence-electron chi connectivity index (χ1n) is 9.64. The van der Waals surface area contributed by atoms with Gasteiger partial charge in [-0.15, -0.1) is 0 Å². The van der Waals surface area contributed by atoms with Crippen molar-refractivity contribution in [3.63, 3.8) is 0 Å². The number of amides is 1. The van der Waals surface area contributed by atoms with Gasteiger partial charge in [0, 0.05) is 15.7 Å². The van der Waals surface area contributed by atoms with Crippen LogP contribution in [0.4, 0.5) is 11.4 Å². The predicted octanol–water partition coefficient (Wildman–Crippen LogP) is 5.30. The molecule has 6 nitrogen and oxygen atoms in total. The summed E-state index contributed by atoms with van der Waals surface area (Å²) in [5.41, 5.74) is 4.30. The molecule has 3 N–H and O–H groups in total. The van der Waals surface area contributed by atoms with E-state index in [4.69, 9.17) is 12.2 Å². The van der Waals surface area contributed by atoms with E-state index in [0.717, 1.165) is 21.2 Å². The third-order valence-electron chi connectivity index (χ3n) is 4.72. The summed E-state index contributed by atoms with van der Waals surface area (Å²) in [4.78, 5) is 12.6. The monoisotopic (exact) mass is 531 g/mol. The van der Waals surface area contributed by atoms with Gasteiger partial charge in [0.15, 0.2) is 5.11 Å². The lowest BCUT2D eigenvalue weighted by atomic mass is 10.1. The molecule has 32 heavy (non-hydrogen) atoms. The Kier molecular flexibility index (Phi) is 7.33. The number of aryl methyl sites for hydroxylation is 3. The molecular formula is C23H22BrN3O3S2. The summed E-state index contributed by atoms with van der Waals surface area (Å²) in [7, 11) is -3.74. The van der Waals surface area contributed by atoms with Crippen molar-refractivity contribution >= 4 is 60.6 Å². The van der Waals surface area contributed by atoms with Crippen LogP contribution in [0.25, 0.3) is 0 Å². The van der Waals surface area contributed by atoms with E-state index < -0.39 is 10.0 Å². The number of thiocarbonyl (C=S) groups is 1. The van der Waals surface area contributed by atoms with Crippen LogP contribution in [0.5, 0.6) is 0 Å². The van der Waals surface area contributed by atoms with E-state index in [-0.39, 0.29) is 15.9 Å². The normalized spacial score (nSPS) is 11.0. The number of rotatable bonds is 5. The van der Waals surface area contributed by atoms with Gasteiger partial charge in [0.2, 0.25) is 0 Å². The number of carbonyl (C=O) groups excluding carboxylic acids is 1. The lowest BCUT2D eigenvalue weighted by Crippen LogP contribution is -2.34. The zero-order valence-electron chi connectivity index (χ0n) is 17.7. The number of anilines is 2. The Hall–Kier alpha value is -2.75. The maximum Gasteiger partial charge on any atom is 0.261 e. The summed E-state index contributed by atoms with van der Waals surface area (Å²) in [5.74, 6) is -0.335. The topological polar surface area (TPSA) is 87.3 Å². The summed E-state index contributed by atoms with van der Waals surface area (Å²) < 4.78 is 28.8. The zero-order chi connectivity index (χ0) is 23.5. The van der Waals surface area contributed by atoms with Crippen molar-refractivity contribution in [2.45, 2.75) is 25.7 Å². The van der Waals surface area contributed by atoms with Crippen molar-refractivity contribution in [3.8, 4) is 0 Å². The van der Waals surface area contributed by atoms with Crippen LogP contribution in [0.1, 0.15) is 27.0 Å². The molecule has 0 atom stereocenters. The number of halogens is 1. The van der Waals surface area contributed by atoms with Crippen LogP contribution in [-0.2, 0) is 10.0 Å². The van der Waals surface area contributed by atoms with Crippen molar-refractivity contribution in [2.24, 2.45) is 0 Å². The number of nitrogens with one attached hydrogen (secondary N) is 3. The lowest BCUT2D eigenvalue weighted by molar-refractivity contribution is 0.0977. The van der Waals surface area contributed by atoms with E-state index in [9.17, 15) is 13.2 Å². The van der Waals surface area contributed by atoms with E-state index >= 15 is 0 Å². The minimum absolute atomic E-state index is 0.110. The highest BCUT2D eigenvalue weighted by Crippen LogP contribution is 2.22. The number of benzene rings is 3. The van der Waals surface area contributed by atoms with Gasteiger partial charge in [-0.1, -0.05) is 39.7 Å². The highest BCUT2D eigenvalue weighted by molar-refractivity contribution is 9.10. The van der Waals surface area contributed by atoms with Crippen molar-refractivity contribution in [2.75, 3.05) is 10.0 Å². The molecule has 0 radical (unpaired) electrons. The average Bonchev–Trinajstić information content (AvgIpc) is 2.72. The van der Waals surface area contributed by atoms with Gasteiger partial charge in [-0.05, 0) is 86.6 Å². The van der Waals surface area contributed by atoms with Crippen molar-refractivity contribution in [1.29, 1.82) is 0 Å². The molecule has 0 aliphatic heterocycles. The number of sulfonamides is 1. The highest BCUT2D eigenvalue weighted by Gasteiger charge is 2.16. The molecule has 0 spiro atoms. The Bertz CT molecular complexity index is 1290. The second kappa shape index (κ2) is 9.81. The second-order valence-electron chi connectivity index (χ2n) is 7.32. The van der Waals surface area contributed by atoms with Crippen LogP contribution in [-0.4, -0.2) is 19.4 Å². The van der Waals surface area contributed by atoms with Gasteiger partial charge in [0.05, 0.1) is 10.6 Å². The average molecular weight is 532 g/mol. The fraction of sp³-hybridized carbons (Fsp3) is 0.130. The molecule has 0 aliphatic carbocycles. The number of hydrogen-bond donors (Lipinski definition) is 3. The van der Waals surface area contributed by atoms with Crippen molar-refractivity contribution < 1.29 is 13.2 Å². The molecule has 166 valence electrons. The Morgan fingerprint density at radius 3 is 2.25 bits per heavy atom. The van der Waals surface area contributed by atoms with Gasteiger partial charge < -0.3 is 5.32 Å². The summed E-state index contributed by atoms with van der Waals surface area (Å²) in [5, 5.41) is 5.63. The van der Waals surface area contributed by atoms with Crippen LogP contribution in [0.15, 0.2) is 70.0 Å². The largest absolute Gasteiger partial charge is 0.332 e. The molecule has 0 saturated heterocycles. The molecule has 0 saturated carbocycles. The Balaban J connectivity index is 1.66. The minimum atomic E-state index is -3.74. The van der Waals surface area contributed by atoms with Gasteiger partial charge >= 0.3 is 0 Å². The molecule has 1 amide bonds. The van der Waals surface area contributed by atoms with Crippen LogP contribution >= 0.6 is 28.1 Å². The van der Waals surface area contributed by atoms with Crippen LogP contribution in [0, 0.1) is 20.8 Å². The molecular weight excluding hydrogens is 510 g/mol. The SMILES string of the molecule is Cc1ccc(NS(=O)(=O)c2ccc(NC(=S)NC(=O)c3cc(Br)ccc3C)cc2)c(C)c1. The van der Waals surface area contributed by atoms with Gasteiger partial charge in [-0.2, -0.15) is 0 Å². The number of carbonyl (C=O) groups is 1. The third kappa shape index (κ3) is 5.93. The summed E-state index contributed by atoms with van der Waals surface area (Å²) >= 11 is 8.57. The Morgan fingerprint density at radius 1 is 0.906 bits per heavy atom. The van der Waals surface area contributed by atoms with Crippen molar-refractivity contribution in [3.05, 3.63) is 87.4 Å². The van der Waals surface area contributed by atoms with Gasteiger partial charge in [0.1, 0.15) is 0 Å². The zero-order valence-corrected chi connectivity index (χ0v) is 20.9. The van der Waals surface area contributed by atoms with E-state index in [1.54, 1.807) is 24.3 Å². The maximum absolute atomic E-state index is 12.7. The molecule has 0 bridgehead atoms. The second-order valence-corrected chi connectivity index (χ2v) is 10.3. The standard InChI is InChI=1S/C23H22BrN3O3S2/c1-14-4-11-21(16(3)12-14)27-32(29,30)19-9-7-18(8-10-19)25-23(31)26-22(28)20-13-17(24)6-5-15(20)2/h4-13,27H,1-3H3,(H2,25,26,28,31). The Labute approximate surface area is 201 Å². The number of hydrogen-bond acceptors (Lipinski definition) is 4. The molecule has 0 heterocycles. The fourth-order valence-electron chi connectivity index (χ4n) is 3.02. The Morgan fingerprint density at radius 2 is 1.59 bits per heavy atom. The molecule has 0 unspecified atom stereocenters. The summed E-state index contributed by atoms with van der Waals surface area (Å²) in [6.07, 6.45) is 0. The van der Waals surface area contributed by atoms with Gasteiger partial charge in [-0.25, -0.2) is 8.42 Å². The van der Waals surface area contributed by atoms with E-state index in [0.29, 0.717) is 16.9 Å². The smallest absolute Gasteiger partial charge is 0.261 e. The highest BCUT2D eigenvalue weighted by atomic mass is 79.9.